The lowest BCUT2D eigenvalue weighted by atomic mass is 9.54. The van der Waals surface area contributed by atoms with Crippen LogP contribution in [0.25, 0.3) is 0 Å². The Morgan fingerprint density at radius 1 is 1.62 bits per heavy atom. The Kier molecular flexibility index (Phi) is 2.06. The quantitative estimate of drug-likeness (QED) is 0.691. The van der Waals surface area contributed by atoms with Crippen molar-refractivity contribution >= 4 is 5.97 Å². The highest BCUT2D eigenvalue weighted by molar-refractivity contribution is 5.68. The molecule has 0 aliphatic heterocycles. The van der Waals surface area contributed by atoms with Crippen molar-refractivity contribution in [1.82, 2.24) is 0 Å². The standard InChI is InChI=1S/C10H17NO2/c11-6-7-4-10(5-9(12)13)3-1-2-8(7)10/h7-8H,1-6,11H2,(H,12,13)/t7-,8-,10-/m1/s1. The van der Waals surface area contributed by atoms with Gasteiger partial charge in [-0.05, 0) is 43.1 Å². The first-order chi connectivity index (χ1) is 6.18. The predicted octanol–water partition coefficient (Wildman–Crippen LogP) is 1.23. The largest absolute Gasteiger partial charge is 0.481 e. The molecule has 2 aliphatic rings. The lowest BCUT2D eigenvalue weighted by molar-refractivity contribution is -0.145. The van der Waals surface area contributed by atoms with E-state index in [0.717, 1.165) is 19.4 Å². The maximum absolute atomic E-state index is 10.7. The molecular weight excluding hydrogens is 166 g/mol. The molecule has 74 valence electrons. The summed E-state index contributed by atoms with van der Waals surface area (Å²) in [5.41, 5.74) is 5.78. The summed E-state index contributed by atoms with van der Waals surface area (Å²) in [7, 11) is 0. The van der Waals surface area contributed by atoms with Crippen LogP contribution in [0.4, 0.5) is 0 Å². The molecule has 0 aromatic heterocycles. The number of carbonyl (C=O) groups is 1. The molecule has 0 radical (unpaired) electrons. The third kappa shape index (κ3) is 1.26. The number of rotatable bonds is 3. The van der Waals surface area contributed by atoms with Gasteiger partial charge in [-0.3, -0.25) is 4.79 Å². The molecule has 0 amide bonds. The number of hydrogen-bond acceptors (Lipinski definition) is 2. The molecule has 0 spiro atoms. The van der Waals surface area contributed by atoms with Crippen LogP contribution in [0, 0.1) is 17.3 Å². The number of fused-ring (bicyclic) bond motifs is 1. The van der Waals surface area contributed by atoms with Gasteiger partial charge in [0, 0.05) is 0 Å². The minimum Gasteiger partial charge on any atom is -0.481 e. The Bertz CT molecular complexity index is 229. The van der Waals surface area contributed by atoms with Gasteiger partial charge >= 0.3 is 5.97 Å². The lowest BCUT2D eigenvalue weighted by Crippen LogP contribution is -2.48. The Morgan fingerprint density at radius 2 is 2.38 bits per heavy atom. The van der Waals surface area contributed by atoms with Gasteiger partial charge in [0.2, 0.25) is 0 Å². The lowest BCUT2D eigenvalue weighted by Gasteiger charge is -2.51. The molecule has 0 heterocycles. The Hall–Kier alpha value is -0.570. The summed E-state index contributed by atoms with van der Waals surface area (Å²) in [4.78, 5) is 10.7. The molecule has 3 N–H and O–H groups in total. The van der Waals surface area contributed by atoms with Gasteiger partial charge in [-0.25, -0.2) is 0 Å². The van der Waals surface area contributed by atoms with Gasteiger partial charge in [-0.1, -0.05) is 6.42 Å². The van der Waals surface area contributed by atoms with E-state index in [1.807, 2.05) is 0 Å². The Labute approximate surface area is 78.3 Å². The van der Waals surface area contributed by atoms with Crippen LogP contribution in [0.15, 0.2) is 0 Å². The molecule has 0 bridgehead atoms. The molecule has 0 aromatic carbocycles. The molecule has 0 unspecified atom stereocenters. The van der Waals surface area contributed by atoms with Gasteiger partial charge in [0.1, 0.15) is 0 Å². The average molecular weight is 183 g/mol. The fourth-order valence-corrected chi connectivity index (χ4v) is 3.50. The first kappa shape index (κ1) is 9.00. The fraction of sp³-hybridized carbons (Fsp3) is 0.900. The third-order valence-electron chi connectivity index (χ3n) is 4.02. The highest BCUT2D eigenvalue weighted by atomic mass is 16.4. The Balaban J connectivity index is 2.03. The van der Waals surface area contributed by atoms with Crippen molar-refractivity contribution in [3.8, 4) is 0 Å². The molecule has 0 saturated heterocycles. The number of carboxylic acid groups (broad SMARTS) is 1. The molecule has 0 aromatic rings. The van der Waals surface area contributed by atoms with Gasteiger partial charge in [0.15, 0.2) is 0 Å². The van der Waals surface area contributed by atoms with Gasteiger partial charge in [0.05, 0.1) is 6.42 Å². The van der Waals surface area contributed by atoms with Crippen LogP contribution in [0.5, 0.6) is 0 Å². The fourth-order valence-electron chi connectivity index (χ4n) is 3.50. The topological polar surface area (TPSA) is 63.3 Å². The molecule has 2 saturated carbocycles. The number of hydrogen-bond donors (Lipinski definition) is 2. The predicted molar refractivity (Wildman–Crippen MR) is 49.2 cm³/mol. The monoisotopic (exact) mass is 183 g/mol. The van der Waals surface area contributed by atoms with E-state index >= 15 is 0 Å². The maximum Gasteiger partial charge on any atom is 0.303 e. The van der Waals surface area contributed by atoms with Gasteiger partial charge in [0.25, 0.3) is 0 Å². The van der Waals surface area contributed by atoms with Crippen molar-refractivity contribution in [1.29, 1.82) is 0 Å². The second kappa shape index (κ2) is 2.98. The normalized spacial score (nSPS) is 42.5. The number of nitrogens with two attached hydrogens (primary N) is 1. The smallest absolute Gasteiger partial charge is 0.303 e. The summed E-state index contributed by atoms with van der Waals surface area (Å²) in [6.07, 6.45) is 4.94. The summed E-state index contributed by atoms with van der Waals surface area (Å²) < 4.78 is 0. The van der Waals surface area contributed by atoms with Crippen molar-refractivity contribution < 1.29 is 9.90 Å². The van der Waals surface area contributed by atoms with Gasteiger partial charge in [-0.2, -0.15) is 0 Å². The Morgan fingerprint density at radius 3 is 3.00 bits per heavy atom. The summed E-state index contributed by atoms with van der Waals surface area (Å²) >= 11 is 0. The van der Waals surface area contributed by atoms with E-state index in [-0.39, 0.29) is 5.41 Å². The van der Waals surface area contributed by atoms with Crippen molar-refractivity contribution in [2.24, 2.45) is 23.0 Å². The van der Waals surface area contributed by atoms with Crippen LogP contribution < -0.4 is 5.73 Å². The van der Waals surface area contributed by atoms with Crippen LogP contribution in [0.1, 0.15) is 32.1 Å². The second-order valence-electron chi connectivity index (χ2n) is 4.63. The zero-order valence-electron chi connectivity index (χ0n) is 7.83. The van der Waals surface area contributed by atoms with Crippen molar-refractivity contribution in [3.63, 3.8) is 0 Å². The van der Waals surface area contributed by atoms with E-state index in [9.17, 15) is 4.79 Å². The zero-order chi connectivity index (χ0) is 9.47. The molecule has 3 nitrogen and oxygen atoms in total. The first-order valence-corrected chi connectivity index (χ1v) is 5.10. The molecule has 2 fully saturated rings. The van der Waals surface area contributed by atoms with Gasteiger partial charge in [-0.15, -0.1) is 0 Å². The van der Waals surface area contributed by atoms with Crippen LogP contribution >= 0.6 is 0 Å². The third-order valence-corrected chi connectivity index (χ3v) is 4.02. The maximum atomic E-state index is 10.7. The first-order valence-electron chi connectivity index (χ1n) is 5.10. The molecule has 2 aliphatic carbocycles. The average Bonchev–Trinajstić information content (AvgIpc) is 2.32. The summed E-state index contributed by atoms with van der Waals surface area (Å²) in [6, 6.07) is 0. The zero-order valence-corrected chi connectivity index (χ0v) is 7.83. The van der Waals surface area contributed by atoms with E-state index in [0.29, 0.717) is 18.3 Å². The minimum absolute atomic E-state index is 0.149. The molecule has 2 rings (SSSR count). The number of carboxylic acids is 1. The van der Waals surface area contributed by atoms with Crippen LogP contribution in [0.3, 0.4) is 0 Å². The highest BCUT2D eigenvalue weighted by Crippen LogP contribution is 2.62. The van der Waals surface area contributed by atoms with E-state index in [4.69, 9.17) is 10.8 Å². The molecule has 3 heteroatoms. The summed E-state index contributed by atoms with van der Waals surface area (Å²) in [5, 5.41) is 8.82. The highest BCUT2D eigenvalue weighted by Gasteiger charge is 2.55. The number of aliphatic carboxylic acids is 1. The van der Waals surface area contributed by atoms with Crippen molar-refractivity contribution in [2.45, 2.75) is 32.1 Å². The van der Waals surface area contributed by atoms with Crippen LogP contribution in [-0.2, 0) is 4.79 Å². The van der Waals surface area contributed by atoms with Crippen molar-refractivity contribution in [2.75, 3.05) is 6.54 Å². The van der Waals surface area contributed by atoms with E-state index in [1.54, 1.807) is 0 Å². The second-order valence-corrected chi connectivity index (χ2v) is 4.63. The van der Waals surface area contributed by atoms with E-state index in [2.05, 4.69) is 0 Å². The molecule has 13 heavy (non-hydrogen) atoms. The SMILES string of the molecule is NC[C@H]1C[C@@]2(CC(=O)O)CCC[C@H]12. The minimum atomic E-state index is -0.637. The van der Waals surface area contributed by atoms with Crippen LogP contribution in [0.2, 0.25) is 0 Å². The van der Waals surface area contributed by atoms with E-state index in [1.165, 1.54) is 12.8 Å². The summed E-state index contributed by atoms with van der Waals surface area (Å²) in [6.45, 7) is 0.742. The summed E-state index contributed by atoms with van der Waals surface area (Å²) in [5.74, 6) is 0.595. The molecule has 3 atom stereocenters. The van der Waals surface area contributed by atoms with E-state index < -0.39 is 5.97 Å². The van der Waals surface area contributed by atoms with Crippen molar-refractivity contribution in [3.05, 3.63) is 0 Å². The van der Waals surface area contributed by atoms with Crippen LogP contribution in [-0.4, -0.2) is 17.6 Å². The van der Waals surface area contributed by atoms with Gasteiger partial charge < -0.3 is 10.8 Å². The molecular formula is C10H17NO2.